The van der Waals surface area contributed by atoms with Gasteiger partial charge in [0.05, 0.1) is 6.04 Å². The molecule has 33 heavy (non-hydrogen) atoms. The lowest BCUT2D eigenvalue weighted by Crippen LogP contribution is -2.51. The number of carbonyl (C=O) groups is 3. The van der Waals surface area contributed by atoms with Gasteiger partial charge in [-0.05, 0) is 48.1 Å². The highest BCUT2D eigenvalue weighted by atomic mass is 16.2. The van der Waals surface area contributed by atoms with Gasteiger partial charge < -0.3 is 10.6 Å². The number of hydrogen-bond donors (Lipinski definition) is 2. The first-order valence-electron chi connectivity index (χ1n) is 11.7. The maximum atomic E-state index is 13.3. The van der Waals surface area contributed by atoms with Crippen molar-refractivity contribution in [2.24, 2.45) is 11.3 Å². The van der Waals surface area contributed by atoms with Crippen molar-refractivity contribution in [3.05, 3.63) is 71.8 Å². The van der Waals surface area contributed by atoms with Gasteiger partial charge in [0.15, 0.2) is 0 Å². The molecular formula is C27H33N3O3. The highest BCUT2D eigenvalue weighted by molar-refractivity contribution is 6.09. The van der Waals surface area contributed by atoms with Crippen LogP contribution >= 0.6 is 0 Å². The summed E-state index contributed by atoms with van der Waals surface area (Å²) in [6, 6.07) is 18.5. The Labute approximate surface area is 195 Å². The Morgan fingerprint density at radius 2 is 1.52 bits per heavy atom. The van der Waals surface area contributed by atoms with Crippen molar-refractivity contribution in [3.8, 4) is 0 Å². The van der Waals surface area contributed by atoms with E-state index in [-0.39, 0.29) is 29.8 Å². The second-order valence-electron chi connectivity index (χ2n) is 10.4. The van der Waals surface area contributed by atoms with Gasteiger partial charge >= 0.3 is 6.03 Å². The molecule has 4 amide bonds. The lowest BCUT2D eigenvalue weighted by molar-refractivity contribution is -0.136. The predicted molar refractivity (Wildman–Crippen MR) is 127 cm³/mol. The molecule has 4 rings (SSSR count). The molecule has 2 fully saturated rings. The van der Waals surface area contributed by atoms with E-state index in [4.69, 9.17) is 0 Å². The average Bonchev–Trinajstić information content (AvgIpc) is 3.02. The zero-order chi connectivity index (χ0) is 23.6. The van der Waals surface area contributed by atoms with Crippen molar-refractivity contribution in [1.82, 2.24) is 15.5 Å². The summed E-state index contributed by atoms with van der Waals surface area (Å²) in [5.74, 6) is -0.120. The zero-order valence-electron chi connectivity index (χ0n) is 19.6. The van der Waals surface area contributed by atoms with E-state index in [1.807, 2.05) is 60.7 Å². The van der Waals surface area contributed by atoms with Crippen LogP contribution in [0, 0.1) is 11.3 Å². The molecule has 2 aromatic rings. The summed E-state index contributed by atoms with van der Waals surface area (Å²) in [6.07, 6.45) is 3.02. The number of amides is 4. The van der Waals surface area contributed by atoms with Gasteiger partial charge in [-0.3, -0.25) is 14.5 Å². The van der Waals surface area contributed by atoms with Crippen LogP contribution in [0.3, 0.4) is 0 Å². The fraction of sp³-hybridized carbons (Fsp3) is 0.444. The number of benzene rings is 2. The Hall–Kier alpha value is -3.15. The molecule has 0 radical (unpaired) electrons. The van der Waals surface area contributed by atoms with Crippen LogP contribution in [0.15, 0.2) is 60.7 Å². The normalized spacial score (nSPS) is 23.2. The Balaban J connectivity index is 1.46. The summed E-state index contributed by atoms with van der Waals surface area (Å²) >= 11 is 0. The second kappa shape index (κ2) is 9.00. The first-order valence-corrected chi connectivity index (χ1v) is 11.7. The minimum Gasteiger partial charge on any atom is -0.344 e. The molecule has 1 saturated heterocycles. The topological polar surface area (TPSA) is 78.5 Å². The van der Waals surface area contributed by atoms with Crippen LogP contribution in [-0.4, -0.2) is 34.8 Å². The quantitative estimate of drug-likeness (QED) is 0.666. The van der Waals surface area contributed by atoms with Crippen LogP contribution in [-0.2, 0) is 9.59 Å². The van der Waals surface area contributed by atoms with Gasteiger partial charge in [0, 0.05) is 0 Å². The maximum Gasteiger partial charge on any atom is 0.325 e. The maximum absolute atomic E-state index is 13.3. The molecule has 1 spiro atoms. The van der Waals surface area contributed by atoms with Gasteiger partial charge in [0.25, 0.3) is 5.91 Å². The third-order valence-corrected chi connectivity index (χ3v) is 7.18. The second-order valence-corrected chi connectivity index (χ2v) is 10.4. The number of imide groups is 1. The minimum atomic E-state index is -0.864. The summed E-state index contributed by atoms with van der Waals surface area (Å²) in [7, 11) is 0. The predicted octanol–water partition coefficient (Wildman–Crippen LogP) is 4.42. The van der Waals surface area contributed by atoms with E-state index in [0.29, 0.717) is 18.8 Å². The third kappa shape index (κ3) is 4.80. The molecule has 2 aliphatic rings. The largest absolute Gasteiger partial charge is 0.344 e. The monoisotopic (exact) mass is 447 g/mol. The highest BCUT2D eigenvalue weighted by Crippen LogP contribution is 2.43. The van der Waals surface area contributed by atoms with Gasteiger partial charge in [-0.15, -0.1) is 0 Å². The highest BCUT2D eigenvalue weighted by Gasteiger charge is 2.53. The minimum absolute atomic E-state index is 0.177. The average molecular weight is 448 g/mol. The van der Waals surface area contributed by atoms with Crippen molar-refractivity contribution in [1.29, 1.82) is 0 Å². The van der Waals surface area contributed by atoms with Crippen molar-refractivity contribution < 1.29 is 14.4 Å². The number of rotatable bonds is 5. The summed E-state index contributed by atoms with van der Waals surface area (Å²) in [5.41, 5.74) is 1.19. The van der Waals surface area contributed by atoms with Crippen molar-refractivity contribution in [3.63, 3.8) is 0 Å². The fourth-order valence-electron chi connectivity index (χ4n) is 5.14. The van der Waals surface area contributed by atoms with E-state index in [1.54, 1.807) is 0 Å². The molecule has 174 valence electrons. The van der Waals surface area contributed by atoms with E-state index in [0.717, 1.165) is 28.9 Å². The Kier molecular flexibility index (Phi) is 6.28. The molecule has 1 saturated carbocycles. The van der Waals surface area contributed by atoms with Gasteiger partial charge in [-0.2, -0.15) is 0 Å². The molecule has 2 N–H and O–H groups in total. The molecule has 1 aliphatic heterocycles. The Morgan fingerprint density at radius 1 is 1.00 bits per heavy atom. The number of nitrogens with one attached hydrogen (secondary N) is 2. The van der Waals surface area contributed by atoms with Gasteiger partial charge in [0.1, 0.15) is 12.1 Å². The standard InChI is InChI=1S/C27H33N3O3/c1-26(2,3)21-14-16-27(17-15-21)24(32)30(25(33)29-27)18-22(31)28-23(19-10-6-4-7-11-19)20-12-8-5-9-13-20/h4-13,21,23H,14-18H2,1-3H3,(H,28,31)(H,29,33). The summed E-state index contributed by atoms with van der Waals surface area (Å²) in [5, 5.41) is 5.94. The van der Waals surface area contributed by atoms with Crippen LogP contribution < -0.4 is 10.6 Å². The smallest absolute Gasteiger partial charge is 0.325 e. The Bertz CT molecular complexity index is 966. The van der Waals surface area contributed by atoms with Crippen molar-refractivity contribution >= 4 is 17.8 Å². The van der Waals surface area contributed by atoms with Crippen molar-refractivity contribution in [2.75, 3.05) is 6.54 Å². The third-order valence-electron chi connectivity index (χ3n) is 7.18. The number of nitrogens with zero attached hydrogens (tertiary/aromatic N) is 1. The van der Waals surface area contributed by atoms with Crippen LogP contribution in [0.2, 0.25) is 0 Å². The van der Waals surface area contributed by atoms with Crippen LogP contribution in [0.25, 0.3) is 0 Å². The summed E-state index contributed by atoms with van der Waals surface area (Å²) < 4.78 is 0. The SMILES string of the molecule is CC(C)(C)C1CCC2(CC1)NC(=O)N(CC(=O)NC(c1ccccc1)c1ccccc1)C2=O. The number of urea groups is 1. The van der Waals surface area contributed by atoms with Crippen LogP contribution in [0.1, 0.15) is 63.6 Å². The first-order chi connectivity index (χ1) is 15.7. The van der Waals surface area contributed by atoms with E-state index in [1.165, 1.54) is 0 Å². The molecule has 0 unspecified atom stereocenters. The lowest BCUT2D eigenvalue weighted by Gasteiger charge is -2.40. The van der Waals surface area contributed by atoms with Gasteiger partial charge in [-0.25, -0.2) is 4.79 Å². The first kappa shape index (κ1) is 23.0. The Morgan fingerprint density at radius 3 is 2.00 bits per heavy atom. The molecule has 6 nitrogen and oxygen atoms in total. The molecule has 1 aliphatic carbocycles. The molecule has 0 aromatic heterocycles. The summed E-state index contributed by atoms with van der Waals surface area (Å²) in [4.78, 5) is 40.1. The van der Waals surface area contributed by atoms with E-state index >= 15 is 0 Å². The van der Waals surface area contributed by atoms with E-state index in [9.17, 15) is 14.4 Å². The van der Waals surface area contributed by atoms with Gasteiger partial charge in [-0.1, -0.05) is 81.4 Å². The van der Waals surface area contributed by atoms with Crippen molar-refractivity contribution in [2.45, 2.75) is 58.0 Å². The summed E-state index contributed by atoms with van der Waals surface area (Å²) in [6.45, 7) is 6.37. The van der Waals surface area contributed by atoms with E-state index < -0.39 is 11.6 Å². The van der Waals surface area contributed by atoms with E-state index in [2.05, 4.69) is 31.4 Å². The molecular weight excluding hydrogens is 414 g/mol. The molecule has 0 bridgehead atoms. The fourth-order valence-corrected chi connectivity index (χ4v) is 5.14. The number of carbonyl (C=O) groups excluding carboxylic acids is 3. The lowest BCUT2D eigenvalue weighted by atomic mass is 9.67. The van der Waals surface area contributed by atoms with Crippen LogP contribution in [0.4, 0.5) is 4.79 Å². The van der Waals surface area contributed by atoms with Crippen LogP contribution in [0.5, 0.6) is 0 Å². The molecule has 1 heterocycles. The molecule has 0 atom stereocenters. The number of hydrogen-bond acceptors (Lipinski definition) is 3. The molecule has 6 heteroatoms. The van der Waals surface area contributed by atoms with Gasteiger partial charge in [0.2, 0.25) is 5.91 Å². The molecule has 2 aromatic carbocycles. The zero-order valence-corrected chi connectivity index (χ0v) is 19.6.